The molecule has 7 nitrogen and oxygen atoms in total. The molecule has 0 saturated carbocycles. The Kier molecular flexibility index (Phi) is 7.90. The van der Waals surface area contributed by atoms with Gasteiger partial charge in [-0.3, -0.25) is 9.78 Å². The lowest BCUT2D eigenvalue weighted by atomic mass is 10.2. The molecule has 4 aromatic rings. The lowest BCUT2D eigenvalue weighted by Gasteiger charge is -2.14. The van der Waals surface area contributed by atoms with Crippen LogP contribution in [0, 0.1) is 0 Å². The van der Waals surface area contributed by atoms with E-state index in [1.54, 1.807) is 36.8 Å². The predicted molar refractivity (Wildman–Crippen MR) is 130 cm³/mol. The molecule has 34 heavy (non-hydrogen) atoms. The van der Waals surface area contributed by atoms with Crippen molar-refractivity contribution in [2.24, 2.45) is 0 Å². The van der Waals surface area contributed by atoms with E-state index in [-0.39, 0.29) is 5.91 Å². The van der Waals surface area contributed by atoms with Crippen LogP contribution in [-0.2, 0) is 19.6 Å². The van der Waals surface area contributed by atoms with Crippen LogP contribution < -0.4 is 14.8 Å². The zero-order valence-electron chi connectivity index (χ0n) is 19.2. The van der Waals surface area contributed by atoms with Crippen molar-refractivity contribution in [2.45, 2.75) is 26.5 Å². The molecule has 1 amide bonds. The molecule has 7 heteroatoms. The third-order valence-electron chi connectivity index (χ3n) is 5.28. The second-order valence-corrected chi connectivity index (χ2v) is 7.70. The van der Waals surface area contributed by atoms with Crippen molar-refractivity contribution in [3.05, 3.63) is 108 Å². The number of hydrogen-bond donors (Lipinski definition) is 1. The van der Waals surface area contributed by atoms with E-state index in [0.717, 1.165) is 17.9 Å². The van der Waals surface area contributed by atoms with Crippen LogP contribution in [0.2, 0.25) is 0 Å². The number of carbonyl (C=O) groups is 1. The van der Waals surface area contributed by atoms with Gasteiger partial charge < -0.3 is 19.4 Å². The molecule has 0 saturated heterocycles. The van der Waals surface area contributed by atoms with E-state index in [9.17, 15) is 4.79 Å². The summed E-state index contributed by atoms with van der Waals surface area (Å²) in [6.07, 6.45) is 7.84. The molecule has 0 aliphatic heterocycles. The van der Waals surface area contributed by atoms with Gasteiger partial charge in [-0.1, -0.05) is 30.3 Å². The second-order valence-electron chi connectivity index (χ2n) is 7.70. The van der Waals surface area contributed by atoms with E-state index < -0.39 is 0 Å². The van der Waals surface area contributed by atoms with Crippen molar-refractivity contribution in [1.29, 1.82) is 0 Å². The number of nitrogens with one attached hydrogen (secondary N) is 1. The fourth-order valence-corrected chi connectivity index (χ4v) is 3.56. The van der Waals surface area contributed by atoms with Gasteiger partial charge in [0.2, 0.25) is 0 Å². The van der Waals surface area contributed by atoms with E-state index in [0.29, 0.717) is 43.2 Å². The lowest BCUT2D eigenvalue weighted by molar-refractivity contribution is 0.0953. The van der Waals surface area contributed by atoms with Gasteiger partial charge in [-0.2, -0.15) is 0 Å². The molecular formula is C27H28N4O3. The third-order valence-corrected chi connectivity index (χ3v) is 5.28. The summed E-state index contributed by atoms with van der Waals surface area (Å²) in [5, 5.41) is 2.98. The lowest BCUT2D eigenvalue weighted by Crippen LogP contribution is -2.26. The summed E-state index contributed by atoms with van der Waals surface area (Å²) in [5.74, 6) is 1.91. The minimum absolute atomic E-state index is 0.164. The molecule has 0 atom stereocenters. The first-order valence-electron chi connectivity index (χ1n) is 11.3. The van der Waals surface area contributed by atoms with Crippen LogP contribution in [-0.4, -0.2) is 33.6 Å². The normalized spacial score (nSPS) is 10.6. The average Bonchev–Trinajstić information content (AvgIpc) is 3.31. The Hall–Kier alpha value is -4.13. The molecule has 0 aliphatic rings. The number of ether oxygens (including phenoxy) is 2. The van der Waals surface area contributed by atoms with Gasteiger partial charge in [0.15, 0.2) is 11.5 Å². The van der Waals surface area contributed by atoms with Crippen molar-refractivity contribution >= 4 is 5.91 Å². The fraction of sp³-hybridized carbons (Fsp3) is 0.222. The van der Waals surface area contributed by atoms with E-state index in [4.69, 9.17) is 9.47 Å². The van der Waals surface area contributed by atoms with Crippen molar-refractivity contribution in [3.63, 3.8) is 0 Å². The number of carbonyl (C=O) groups excluding carboxylic acids is 1. The van der Waals surface area contributed by atoms with Gasteiger partial charge in [0.05, 0.1) is 6.61 Å². The maximum absolute atomic E-state index is 12.8. The monoisotopic (exact) mass is 456 g/mol. The molecule has 1 N–H and O–H groups in total. The Balaban J connectivity index is 1.34. The van der Waals surface area contributed by atoms with Crippen molar-refractivity contribution in [3.8, 4) is 11.5 Å². The first-order chi connectivity index (χ1) is 16.7. The molecule has 0 spiro atoms. The van der Waals surface area contributed by atoms with E-state index >= 15 is 0 Å². The number of aromatic nitrogens is 3. The Bertz CT molecular complexity index is 1190. The molecule has 174 valence electrons. The molecule has 4 rings (SSSR count). The van der Waals surface area contributed by atoms with Crippen molar-refractivity contribution in [2.75, 3.05) is 13.2 Å². The summed E-state index contributed by atoms with van der Waals surface area (Å²) >= 11 is 0. The van der Waals surface area contributed by atoms with Gasteiger partial charge in [0, 0.05) is 49.9 Å². The highest BCUT2D eigenvalue weighted by Gasteiger charge is 2.12. The van der Waals surface area contributed by atoms with Crippen molar-refractivity contribution < 1.29 is 14.3 Å². The Morgan fingerprint density at radius 1 is 0.941 bits per heavy atom. The highest BCUT2D eigenvalue weighted by atomic mass is 16.5. The van der Waals surface area contributed by atoms with Crippen LogP contribution in [0.15, 0.2) is 85.5 Å². The van der Waals surface area contributed by atoms with Crippen LogP contribution >= 0.6 is 0 Å². The summed E-state index contributed by atoms with van der Waals surface area (Å²) in [6.45, 7) is 4.00. The van der Waals surface area contributed by atoms with Gasteiger partial charge in [-0.15, -0.1) is 0 Å². The number of nitrogens with zero attached hydrogens (tertiary/aromatic N) is 3. The second kappa shape index (κ2) is 11.7. The summed E-state index contributed by atoms with van der Waals surface area (Å²) in [7, 11) is 0. The average molecular weight is 457 g/mol. The minimum atomic E-state index is -0.164. The van der Waals surface area contributed by atoms with Gasteiger partial charge in [0.1, 0.15) is 12.4 Å². The maximum atomic E-state index is 12.8. The van der Waals surface area contributed by atoms with Gasteiger partial charge in [-0.25, -0.2) is 4.98 Å². The molecular weight excluding hydrogens is 428 g/mol. The molecule has 0 fully saturated rings. The Labute approximate surface area is 199 Å². The van der Waals surface area contributed by atoms with E-state index in [1.165, 1.54) is 5.56 Å². The van der Waals surface area contributed by atoms with Crippen LogP contribution in [0.25, 0.3) is 0 Å². The zero-order valence-corrected chi connectivity index (χ0v) is 19.2. The smallest absolute Gasteiger partial charge is 0.251 e. The number of pyridine rings is 1. The SMILES string of the molecule is CCOc1cc(C(=O)NCCc2nccn2Cc2ccccc2)ccc1OCc1ccncc1. The molecule has 2 aromatic heterocycles. The Morgan fingerprint density at radius 2 is 1.76 bits per heavy atom. The van der Waals surface area contributed by atoms with E-state index in [1.807, 2.05) is 43.5 Å². The summed E-state index contributed by atoms with van der Waals surface area (Å²) < 4.78 is 13.7. The first kappa shape index (κ1) is 23.0. The largest absolute Gasteiger partial charge is 0.490 e. The predicted octanol–water partition coefficient (Wildman–Crippen LogP) is 4.28. The molecule has 2 heterocycles. The molecule has 0 radical (unpaired) electrons. The number of benzene rings is 2. The van der Waals surface area contributed by atoms with E-state index in [2.05, 4.69) is 32.0 Å². The molecule has 0 unspecified atom stereocenters. The van der Waals surface area contributed by atoms with Gasteiger partial charge in [0.25, 0.3) is 5.91 Å². The number of hydrogen-bond acceptors (Lipinski definition) is 5. The van der Waals surface area contributed by atoms with Crippen LogP contribution in [0.5, 0.6) is 11.5 Å². The Morgan fingerprint density at radius 3 is 2.56 bits per heavy atom. The number of amides is 1. The van der Waals surface area contributed by atoms with Crippen LogP contribution in [0.3, 0.4) is 0 Å². The third kappa shape index (κ3) is 6.22. The number of imidazole rings is 1. The topological polar surface area (TPSA) is 78.3 Å². The van der Waals surface area contributed by atoms with Gasteiger partial charge >= 0.3 is 0 Å². The molecule has 2 aromatic carbocycles. The van der Waals surface area contributed by atoms with Crippen LogP contribution in [0.4, 0.5) is 0 Å². The molecule has 0 aliphatic carbocycles. The maximum Gasteiger partial charge on any atom is 0.251 e. The summed E-state index contributed by atoms with van der Waals surface area (Å²) in [5.41, 5.74) is 2.73. The number of rotatable bonds is 11. The summed E-state index contributed by atoms with van der Waals surface area (Å²) in [4.78, 5) is 21.2. The minimum Gasteiger partial charge on any atom is -0.490 e. The molecule has 0 bridgehead atoms. The van der Waals surface area contributed by atoms with Crippen molar-refractivity contribution in [1.82, 2.24) is 19.9 Å². The summed E-state index contributed by atoms with van der Waals surface area (Å²) in [6, 6.07) is 19.3. The van der Waals surface area contributed by atoms with Gasteiger partial charge in [-0.05, 0) is 48.4 Å². The highest BCUT2D eigenvalue weighted by molar-refractivity contribution is 5.94. The quantitative estimate of drug-likeness (QED) is 0.365. The first-order valence-corrected chi connectivity index (χ1v) is 11.3. The fourth-order valence-electron chi connectivity index (χ4n) is 3.56. The standard InChI is InChI=1S/C27H28N4O3/c1-2-33-25-18-23(8-9-24(25)34-20-22-10-13-28-14-11-22)27(32)30-15-12-26-29-16-17-31(26)19-21-6-4-3-5-7-21/h3-11,13-14,16-18H,2,12,15,19-20H2,1H3,(H,30,32). The van der Waals surface area contributed by atoms with Crippen LogP contribution in [0.1, 0.15) is 34.2 Å². The highest BCUT2D eigenvalue weighted by Crippen LogP contribution is 2.29. The zero-order chi connectivity index (χ0) is 23.6.